The van der Waals surface area contributed by atoms with Gasteiger partial charge in [0.2, 0.25) is 5.91 Å². The van der Waals surface area contributed by atoms with Crippen LogP contribution in [0.4, 0.5) is 0 Å². The van der Waals surface area contributed by atoms with E-state index in [9.17, 15) is 4.79 Å². The highest BCUT2D eigenvalue weighted by Crippen LogP contribution is 2.08. The number of carbonyl (C=O) groups is 1. The molecule has 0 aromatic carbocycles. The van der Waals surface area contributed by atoms with Crippen LogP contribution in [0.15, 0.2) is 17.5 Å². The van der Waals surface area contributed by atoms with E-state index in [1.165, 1.54) is 0 Å². The number of halogens is 1. The lowest BCUT2D eigenvalue weighted by molar-refractivity contribution is -0.120. The summed E-state index contributed by atoms with van der Waals surface area (Å²) in [6.45, 7) is 1.70. The molecule has 0 unspecified atom stereocenters. The van der Waals surface area contributed by atoms with Crippen LogP contribution in [0.1, 0.15) is 11.3 Å². The molecule has 0 aliphatic heterocycles. The SMILES string of the molecule is CNCCCNC(=O)Cc1cccs1.Cl. The Kier molecular flexibility index (Phi) is 8.37. The van der Waals surface area contributed by atoms with Gasteiger partial charge in [-0.2, -0.15) is 0 Å². The molecule has 0 spiro atoms. The Morgan fingerprint density at radius 3 is 2.87 bits per heavy atom. The number of rotatable bonds is 6. The smallest absolute Gasteiger partial charge is 0.225 e. The van der Waals surface area contributed by atoms with Gasteiger partial charge in [0.1, 0.15) is 0 Å². The Morgan fingerprint density at radius 1 is 1.47 bits per heavy atom. The third-order valence-electron chi connectivity index (χ3n) is 1.84. The molecular weight excluding hydrogens is 232 g/mol. The Labute approximate surface area is 101 Å². The summed E-state index contributed by atoms with van der Waals surface area (Å²) in [7, 11) is 1.91. The molecule has 1 heterocycles. The second kappa shape index (κ2) is 8.71. The fourth-order valence-corrected chi connectivity index (χ4v) is 1.83. The average Bonchev–Trinajstić information content (AvgIpc) is 2.65. The molecule has 0 atom stereocenters. The molecule has 0 aliphatic carbocycles. The molecule has 0 bridgehead atoms. The summed E-state index contributed by atoms with van der Waals surface area (Å²) in [4.78, 5) is 12.5. The lowest BCUT2D eigenvalue weighted by Crippen LogP contribution is -2.27. The van der Waals surface area contributed by atoms with E-state index >= 15 is 0 Å². The van der Waals surface area contributed by atoms with Gasteiger partial charge in [0.25, 0.3) is 0 Å². The summed E-state index contributed by atoms with van der Waals surface area (Å²) in [6, 6.07) is 3.95. The number of thiophene rings is 1. The van der Waals surface area contributed by atoms with E-state index in [1.54, 1.807) is 11.3 Å². The van der Waals surface area contributed by atoms with E-state index in [-0.39, 0.29) is 18.3 Å². The lowest BCUT2D eigenvalue weighted by atomic mass is 10.3. The predicted octanol–water partition coefficient (Wildman–Crippen LogP) is 1.44. The van der Waals surface area contributed by atoms with Crippen molar-refractivity contribution in [3.63, 3.8) is 0 Å². The van der Waals surface area contributed by atoms with Crippen molar-refractivity contribution in [2.75, 3.05) is 20.1 Å². The van der Waals surface area contributed by atoms with Crippen LogP contribution in [0.2, 0.25) is 0 Å². The maximum absolute atomic E-state index is 11.3. The van der Waals surface area contributed by atoms with Gasteiger partial charge >= 0.3 is 0 Å². The van der Waals surface area contributed by atoms with Gasteiger partial charge in [-0.15, -0.1) is 23.7 Å². The van der Waals surface area contributed by atoms with Crippen LogP contribution in [0, 0.1) is 0 Å². The van der Waals surface area contributed by atoms with Crippen LogP contribution in [0.25, 0.3) is 0 Å². The first-order chi connectivity index (χ1) is 6.83. The Morgan fingerprint density at radius 2 is 2.27 bits per heavy atom. The van der Waals surface area contributed by atoms with Gasteiger partial charge in [-0.05, 0) is 31.5 Å². The second-order valence-corrected chi connectivity index (χ2v) is 4.10. The van der Waals surface area contributed by atoms with Gasteiger partial charge in [-0.25, -0.2) is 0 Å². The maximum Gasteiger partial charge on any atom is 0.225 e. The van der Waals surface area contributed by atoms with Gasteiger partial charge in [0.15, 0.2) is 0 Å². The van der Waals surface area contributed by atoms with Gasteiger partial charge in [-0.3, -0.25) is 4.79 Å². The van der Waals surface area contributed by atoms with Crippen LogP contribution in [-0.4, -0.2) is 26.0 Å². The number of hydrogen-bond donors (Lipinski definition) is 2. The van der Waals surface area contributed by atoms with E-state index in [1.807, 2.05) is 24.6 Å². The van der Waals surface area contributed by atoms with Gasteiger partial charge in [-0.1, -0.05) is 6.07 Å². The first-order valence-corrected chi connectivity index (χ1v) is 5.64. The standard InChI is InChI=1S/C10H16N2OS.ClH/c1-11-5-3-6-12-10(13)8-9-4-2-7-14-9;/h2,4,7,11H,3,5-6,8H2,1H3,(H,12,13);1H. The molecule has 0 aliphatic rings. The van der Waals surface area contributed by atoms with Crippen molar-refractivity contribution in [3.8, 4) is 0 Å². The summed E-state index contributed by atoms with van der Waals surface area (Å²) in [5, 5.41) is 7.91. The zero-order valence-electron chi connectivity index (χ0n) is 8.79. The second-order valence-electron chi connectivity index (χ2n) is 3.06. The van der Waals surface area contributed by atoms with Crippen molar-refractivity contribution in [1.29, 1.82) is 0 Å². The fraction of sp³-hybridized carbons (Fsp3) is 0.500. The van der Waals surface area contributed by atoms with Crippen molar-refractivity contribution >= 4 is 29.7 Å². The average molecular weight is 249 g/mol. The molecule has 0 saturated heterocycles. The topological polar surface area (TPSA) is 41.1 Å². The number of amides is 1. The van der Waals surface area contributed by atoms with Crippen molar-refractivity contribution < 1.29 is 4.79 Å². The lowest BCUT2D eigenvalue weighted by Gasteiger charge is -2.03. The molecule has 0 radical (unpaired) electrons. The van der Waals surface area contributed by atoms with E-state index in [2.05, 4.69) is 10.6 Å². The molecule has 15 heavy (non-hydrogen) atoms. The van der Waals surface area contributed by atoms with Crippen LogP contribution in [0.3, 0.4) is 0 Å². The van der Waals surface area contributed by atoms with Crippen LogP contribution in [-0.2, 0) is 11.2 Å². The van der Waals surface area contributed by atoms with Gasteiger partial charge < -0.3 is 10.6 Å². The monoisotopic (exact) mass is 248 g/mol. The minimum atomic E-state index is 0. The van der Waals surface area contributed by atoms with Gasteiger partial charge in [0, 0.05) is 11.4 Å². The highest BCUT2D eigenvalue weighted by atomic mass is 35.5. The zero-order chi connectivity index (χ0) is 10.2. The predicted molar refractivity (Wildman–Crippen MR) is 66.8 cm³/mol. The maximum atomic E-state index is 11.3. The Balaban J connectivity index is 0.00000196. The van der Waals surface area contributed by atoms with E-state index < -0.39 is 0 Å². The summed E-state index contributed by atoms with van der Waals surface area (Å²) in [6.07, 6.45) is 1.49. The molecule has 3 nitrogen and oxygen atoms in total. The summed E-state index contributed by atoms with van der Waals surface area (Å²) < 4.78 is 0. The normalized spacial score (nSPS) is 9.40. The quantitative estimate of drug-likeness (QED) is 0.748. The third kappa shape index (κ3) is 6.49. The van der Waals surface area contributed by atoms with Crippen LogP contribution >= 0.6 is 23.7 Å². The van der Waals surface area contributed by atoms with E-state index in [4.69, 9.17) is 0 Å². The minimum Gasteiger partial charge on any atom is -0.356 e. The molecule has 0 saturated carbocycles. The summed E-state index contributed by atoms with van der Waals surface area (Å²) in [5.41, 5.74) is 0. The Hall–Kier alpha value is -0.580. The van der Waals surface area contributed by atoms with Crippen molar-refractivity contribution in [2.45, 2.75) is 12.8 Å². The number of carbonyl (C=O) groups excluding carboxylic acids is 1. The van der Waals surface area contributed by atoms with E-state index in [0.29, 0.717) is 6.42 Å². The number of nitrogens with one attached hydrogen (secondary N) is 2. The number of hydrogen-bond acceptors (Lipinski definition) is 3. The molecule has 1 amide bonds. The third-order valence-corrected chi connectivity index (χ3v) is 2.72. The molecule has 1 aromatic heterocycles. The molecule has 5 heteroatoms. The van der Waals surface area contributed by atoms with Crippen LogP contribution in [0.5, 0.6) is 0 Å². The van der Waals surface area contributed by atoms with Crippen molar-refractivity contribution in [1.82, 2.24) is 10.6 Å². The zero-order valence-corrected chi connectivity index (χ0v) is 10.4. The largest absolute Gasteiger partial charge is 0.356 e. The molecule has 0 fully saturated rings. The minimum absolute atomic E-state index is 0. The molecule has 86 valence electrons. The van der Waals surface area contributed by atoms with Crippen molar-refractivity contribution in [2.24, 2.45) is 0 Å². The first kappa shape index (κ1) is 14.4. The van der Waals surface area contributed by atoms with E-state index in [0.717, 1.165) is 24.4 Å². The van der Waals surface area contributed by atoms with Crippen molar-refractivity contribution in [3.05, 3.63) is 22.4 Å². The molecular formula is C10H17ClN2OS. The summed E-state index contributed by atoms with van der Waals surface area (Å²) in [5.74, 6) is 0.114. The molecule has 1 rings (SSSR count). The fourth-order valence-electron chi connectivity index (χ4n) is 1.13. The van der Waals surface area contributed by atoms with Crippen LogP contribution < -0.4 is 10.6 Å². The van der Waals surface area contributed by atoms with Gasteiger partial charge in [0.05, 0.1) is 6.42 Å². The first-order valence-electron chi connectivity index (χ1n) is 4.76. The highest BCUT2D eigenvalue weighted by Gasteiger charge is 2.02. The highest BCUT2D eigenvalue weighted by molar-refractivity contribution is 7.10. The Bertz CT molecular complexity index is 264. The summed E-state index contributed by atoms with van der Waals surface area (Å²) >= 11 is 1.62. The molecule has 2 N–H and O–H groups in total. The molecule has 1 aromatic rings.